The second-order valence-corrected chi connectivity index (χ2v) is 6.62. The molecule has 0 saturated carbocycles. The highest BCUT2D eigenvalue weighted by atomic mass is 16.5. The Balaban J connectivity index is 1.38. The predicted molar refractivity (Wildman–Crippen MR) is 100 cm³/mol. The van der Waals surface area contributed by atoms with Gasteiger partial charge in [0, 0.05) is 25.5 Å². The van der Waals surface area contributed by atoms with E-state index >= 15 is 0 Å². The first-order valence-corrected chi connectivity index (χ1v) is 9.08. The summed E-state index contributed by atoms with van der Waals surface area (Å²) in [6, 6.07) is 9.29. The van der Waals surface area contributed by atoms with Gasteiger partial charge in [-0.15, -0.1) is 0 Å². The number of ether oxygens (including phenoxy) is 1. The molecule has 8 nitrogen and oxygen atoms in total. The maximum Gasteiger partial charge on any atom is 0.322 e. The first kappa shape index (κ1) is 17.4. The molecular formula is C19H22N6O2. The minimum atomic E-state index is -0.144. The lowest BCUT2D eigenvalue weighted by Gasteiger charge is -2.32. The first-order chi connectivity index (χ1) is 13.2. The van der Waals surface area contributed by atoms with Gasteiger partial charge in [-0.1, -0.05) is 6.07 Å². The van der Waals surface area contributed by atoms with Crippen molar-refractivity contribution < 1.29 is 9.53 Å². The van der Waals surface area contributed by atoms with Crippen molar-refractivity contribution in [2.45, 2.75) is 32.5 Å². The van der Waals surface area contributed by atoms with Crippen molar-refractivity contribution in [1.82, 2.24) is 24.5 Å². The van der Waals surface area contributed by atoms with Gasteiger partial charge < -0.3 is 15.0 Å². The molecule has 0 aliphatic carbocycles. The van der Waals surface area contributed by atoms with Gasteiger partial charge in [0.2, 0.25) is 0 Å². The van der Waals surface area contributed by atoms with Crippen LogP contribution in [-0.4, -0.2) is 49.7 Å². The van der Waals surface area contributed by atoms with Gasteiger partial charge >= 0.3 is 6.03 Å². The van der Waals surface area contributed by atoms with E-state index in [1.54, 1.807) is 15.6 Å². The molecule has 0 radical (unpaired) electrons. The predicted octanol–water partition coefficient (Wildman–Crippen LogP) is 2.65. The Morgan fingerprint density at radius 1 is 1.33 bits per heavy atom. The molecule has 3 aromatic rings. The summed E-state index contributed by atoms with van der Waals surface area (Å²) in [4.78, 5) is 23.2. The van der Waals surface area contributed by atoms with Gasteiger partial charge in [0.25, 0.3) is 0 Å². The molecule has 1 atom stereocenters. The molecule has 140 valence electrons. The summed E-state index contributed by atoms with van der Waals surface area (Å²) >= 11 is 0. The minimum absolute atomic E-state index is 0.0117. The number of fused-ring (bicyclic) bond motifs is 1. The number of pyridine rings is 2. The van der Waals surface area contributed by atoms with E-state index < -0.39 is 0 Å². The van der Waals surface area contributed by atoms with Crippen LogP contribution in [0.3, 0.4) is 0 Å². The minimum Gasteiger partial charge on any atom is -0.370 e. The van der Waals surface area contributed by atoms with Crippen LogP contribution in [0.4, 0.5) is 10.5 Å². The standard InChI is InChI=1S/C19H22N6O2/c1-14-21-18-17(8-5-11-25(18)23-14)22-19(26)24-10-4-7-16(12-24)27-13-15-6-2-3-9-20-15/h2-3,5-6,8-9,11,16H,4,7,10,12-13H2,1H3,(H,22,26). The summed E-state index contributed by atoms with van der Waals surface area (Å²) in [5.74, 6) is 0.664. The van der Waals surface area contributed by atoms with E-state index in [9.17, 15) is 4.79 Å². The maximum absolute atomic E-state index is 12.7. The zero-order chi connectivity index (χ0) is 18.6. The quantitative estimate of drug-likeness (QED) is 0.767. The summed E-state index contributed by atoms with van der Waals surface area (Å²) in [6.07, 6.45) is 5.43. The van der Waals surface area contributed by atoms with E-state index in [0.717, 1.165) is 18.5 Å². The molecule has 8 heteroatoms. The molecule has 0 aromatic carbocycles. The van der Waals surface area contributed by atoms with Crippen LogP contribution in [0.2, 0.25) is 0 Å². The Hall–Kier alpha value is -3.00. The molecule has 27 heavy (non-hydrogen) atoms. The summed E-state index contributed by atoms with van der Waals surface area (Å²) in [6.45, 7) is 3.56. The lowest BCUT2D eigenvalue weighted by molar-refractivity contribution is -0.000323. The average Bonchev–Trinajstić information content (AvgIpc) is 3.09. The van der Waals surface area contributed by atoms with Crippen LogP contribution in [0, 0.1) is 6.92 Å². The Labute approximate surface area is 157 Å². The number of urea groups is 1. The summed E-state index contributed by atoms with van der Waals surface area (Å²) in [5.41, 5.74) is 2.19. The lowest BCUT2D eigenvalue weighted by atomic mass is 10.1. The Kier molecular flexibility index (Phi) is 4.97. The van der Waals surface area contributed by atoms with Gasteiger partial charge in [-0.3, -0.25) is 4.98 Å². The van der Waals surface area contributed by atoms with E-state index in [-0.39, 0.29) is 12.1 Å². The van der Waals surface area contributed by atoms with E-state index in [1.807, 2.05) is 43.5 Å². The van der Waals surface area contributed by atoms with Crippen LogP contribution in [0.1, 0.15) is 24.4 Å². The van der Waals surface area contributed by atoms with E-state index in [2.05, 4.69) is 20.4 Å². The van der Waals surface area contributed by atoms with Crippen LogP contribution >= 0.6 is 0 Å². The SMILES string of the molecule is Cc1nc2c(NC(=O)N3CCCC(OCc4ccccn4)C3)cccn2n1. The van der Waals surface area contributed by atoms with Crippen LogP contribution in [0.15, 0.2) is 42.7 Å². The number of hydrogen-bond donors (Lipinski definition) is 1. The second kappa shape index (κ2) is 7.71. The monoisotopic (exact) mass is 366 g/mol. The van der Waals surface area contributed by atoms with Gasteiger partial charge in [-0.05, 0) is 44.0 Å². The zero-order valence-electron chi connectivity index (χ0n) is 15.2. The number of aryl methyl sites for hydroxylation is 1. The number of carbonyl (C=O) groups excluding carboxylic acids is 1. The fraction of sp³-hybridized carbons (Fsp3) is 0.368. The van der Waals surface area contributed by atoms with Crippen LogP contribution < -0.4 is 5.32 Å². The maximum atomic E-state index is 12.7. The van der Waals surface area contributed by atoms with Gasteiger partial charge in [0.15, 0.2) is 5.65 Å². The molecular weight excluding hydrogens is 344 g/mol. The van der Waals surface area contributed by atoms with Crippen molar-refractivity contribution in [2.75, 3.05) is 18.4 Å². The second-order valence-electron chi connectivity index (χ2n) is 6.62. The molecule has 1 aliphatic rings. The number of amides is 2. The third-order valence-corrected chi connectivity index (χ3v) is 4.57. The fourth-order valence-corrected chi connectivity index (χ4v) is 3.25. The molecule has 2 amide bonds. The summed E-state index contributed by atoms with van der Waals surface area (Å²) < 4.78 is 7.63. The van der Waals surface area contributed by atoms with E-state index in [4.69, 9.17) is 4.74 Å². The normalized spacial score (nSPS) is 17.2. The third kappa shape index (κ3) is 4.06. The fourth-order valence-electron chi connectivity index (χ4n) is 3.25. The van der Waals surface area contributed by atoms with Crippen molar-refractivity contribution in [3.63, 3.8) is 0 Å². The topological polar surface area (TPSA) is 84.7 Å². The summed E-state index contributed by atoms with van der Waals surface area (Å²) in [7, 11) is 0. The molecule has 1 aliphatic heterocycles. The van der Waals surface area contributed by atoms with Gasteiger partial charge in [-0.2, -0.15) is 5.10 Å². The molecule has 1 fully saturated rings. The highest BCUT2D eigenvalue weighted by Crippen LogP contribution is 2.18. The lowest BCUT2D eigenvalue weighted by Crippen LogP contribution is -2.45. The van der Waals surface area contributed by atoms with Crippen LogP contribution in [0.25, 0.3) is 5.65 Å². The zero-order valence-corrected chi connectivity index (χ0v) is 15.2. The smallest absolute Gasteiger partial charge is 0.322 e. The van der Waals surface area contributed by atoms with E-state index in [1.165, 1.54) is 0 Å². The molecule has 0 bridgehead atoms. The van der Waals surface area contributed by atoms with Gasteiger partial charge in [0.05, 0.1) is 24.1 Å². The largest absolute Gasteiger partial charge is 0.370 e. The highest BCUT2D eigenvalue weighted by molar-refractivity contribution is 5.93. The number of carbonyl (C=O) groups is 1. The molecule has 1 N–H and O–H groups in total. The Morgan fingerprint density at radius 2 is 2.26 bits per heavy atom. The van der Waals surface area contributed by atoms with Crippen molar-refractivity contribution in [3.05, 3.63) is 54.2 Å². The number of piperidine rings is 1. The van der Waals surface area contributed by atoms with Crippen LogP contribution in [0.5, 0.6) is 0 Å². The number of aromatic nitrogens is 4. The number of anilines is 1. The van der Waals surface area contributed by atoms with Gasteiger partial charge in [-0.25, -0.2) is 14.3 Å². The molecule has 3 aromatic heterocycles. The average molecular weight is 366 g/mol. The van der Waals surface area contributed by atoms with Crippen molar-refractivity contribution in [3.8, 4) is 0 Å². The molecule has 4 rings (SSSR count). The number of hydrogen-bond acceptors (Lipinski definition) is 5. The van der Waals surface area contributed by atoms with Gasteiger partial charge in [0.1, 0.15) is 5.82 Å². The molecule has 1 saturated heterocycles. The molecule has 0 spiro atoms. The van der Waals surface area contributed by atoms with Crippen molar-refractivity contribution in [1.29, 1.82) is 0 Å². The number of nitrogens with zero attached hydrogens (tertiary/aromatic N) is 5. The summed E-state index contributed by atoms with van der Waals surface area (Å²) in [5, 5.41) is 7.23. The number of rotatable bonds is 4. The van der Waals surface area contributed by atoms with Crippen molar-refractivity contribution in [2.24, 2.45) is 0 Å². The Bertz CT molecular complexity index is 926. The number of likely N-dealkylation sites (tertiary alicyclic amines) is 1. The van der Waals surface area contributed by atoms with Crippen molar-refractivity contribution >= 4 is 17.4 Å². The Morgan fingerprint density at radius 3 is 3.11 bits per heavy atom. The van der Waals surface area contributed by atoms with E-state index in [0.29, 0.717) is 36.9 Å². The molecule has 4 heterocycles. The number of nitrogens with one attached hydrogen (secondary N) is 1. The first-order valence-electron chi connectivity index (χ1n) is 9.08. The highest BCUT2D eigenvalue weighted by Gasteiger charge is 2.25. The third-order valence-electron chi connectivity index (χ3n) is 4.57. The van der Waals surface area contributed by atoms with Crippen LogP contribution in [-0.2, 0) is 11.3 Å². The molecule has 1 unspecified atom stereocenters.